The van der Waals surface area contributed by atoms with Gasteiger partial charge in [-0.25, -0.2) is 4.79 Å². The van der Waals surface area contributed by atoms with Crippen molar-refractivity contribution in [2.45, 2.75) is 4.90 Å². The van der Waals surface area contributed by atoms with Crippen LogP contribution in [0.5, 0.6) is 5.75 Å². The van der Waals surface area contributed by atoms with Crippen LogP contribution in [0.3, 0.4) is 0 Å². The van der Waals surface area contributed by atoms with Crippen LogP contribution >= 0.6 is 11.8 Å². The first kappa shape index (κ1) is 21.3. The predicted octanol–water partition coefficient (Wildman–Crippen LogP) is 2.67. The molecule has 148 valence electrons. The molecule has 0 saturated carbocycles. The summed E-state index contributed by atoms with van der Waals surface area (Å²) in [6.07, 6.45) is 0. The van der Waals surface area contributed by atoms with Crippen molar-refractivity contribution < 1.29 is 23.9 Å². The monoisotopic (exact) mass is 402 g/mol. The summed E-state index contributed by atoms with van der Waals surface area (Å²) < 4.78 is 10.2. The van der Waals surface area contributed by atoms with Crippen LogP contribution < -0.4 is 10.1 Å². The molecule has 2 aromatic rings. The summed E-state index contributed by atoms with van der Waals surface area (Å²) in [6.45, 7) is -0.416. The standard InChI is InChI=1S/C20H22N2O5S/c1-22(2)19(24)13-28-17-7-5-4-6-16(17)20(25)27-12-18(23)21-14-8-10-15(26-3)11-9-14/h4-11H,12-13H2,1-3H3,(H,21,23). The molecule has 7 nitrogen and oxygen atoms in total. The van der Waals surface area contributed by atoms with Crippen molar-refractivity contribution in [3.8, 4) is 5.75 Å². The van der Waals surface area contributed by atoms with Gasteiger partial charge in [0.1, 0.15) is 5.75 Å². The third-order valence-corrected chi connectivity index (χ3v) is 4.72. The molecule has 0 spiro atoms. The molecule has 0 aliphatic heterocycles. The molecule has 2 rings (SSSR count). The minimum absolute atomic E-state index is 0.0629. The van der Waals surface area contributed by atoms with E-state index in [0.29, 0.717) is 21.9 Å². The molecule has 0 aliphatic rings. The number of nitrogens with zero attached hydrogens (tertiary/aromatic N) is 1. The summed E-state index contributed by atoms with van der Waals surface area (Å²) in [7, 11) is 4.90. The van der Waals surface area contributed by atoms with Crippen LogP contribution in [0, 0.1) is 0 Å². The number of esters is 1. The van der Waals surface area contributed by atoms with Gasteiger partial charge in [-0.05, 0) is 36.4 Å². The maximum Gasteiger partial charge on any atom is 0.339 e. The molecule has 0 heterocycles. The van der Waals surface area contributed by atoms with Gasteiger partial charge in [-0.1, -0.05) is 12.1 Å². The lowest BCUT2D eigenvalue weighted by Gasteiger charge is -2.12. The van der Waals surface area contributed by atoms with E-state index in [4.69, 9.17) is 9.47 Å². The fourth-order valence-corrected chi connectivity index (χ4v) is 3.13. The van der Waals surface area contributed by atoms with Crippen molar-refractivity contribution in [3.63, 3.8) is 0 Å². The van der Waals surface area contributed by atoms with Gasteiger partial charge in [0, 0.05) is 24.7 Å². The van der Waals surface area contributed by atoms with Gasteiger partial charge in [0.15, 0.2) is 6.61 Å². The Morgan fingerprint density at radius 2 is 1.71 bits per heavy atom. The number of carbonyl (C=O) groups excluding carboxylic acids is 3. The number of rotatable bonds is 8. The Labute approximate surface area is 168 Å². The van der Waals surface area contributed by atoms with Crippen LogP contribution in [0.1, 0.15) is 10.4 Å². The van der Waals surface area contributed by atoms with Gasteiger partial charge in [0.2, 0.25) is 5.91 Å². The van der Waals surface area contributed by atoms with Crippen molar-refractivity contribution in [2.75, 3.05) is 38.9 Å². The van der Waals surface area contributed by atoms with Gasteiger partial charge < -0.3 is 19.7 Å². The lowest BCUT2D eigenvalue weighted by molar-refractivity contribution is -0.125. The van der Waals surface area contributed by atoms with Crippen LogP contribution in [-0.4, -0.2) is 56.2 Å². The normalized spacial score (nSPS) is 10.1. The average molecular weight is 402 g/mol. The average Bonchev–Trinajstić information content (AvgIpc) is 2.70. The largest absolute Gasteiger partial charge is 0.497 e. The number of amides is 2. The Morgan fingerprint density at radius 3 is 2.36 bits per heavy atom. The van der Waals surface area contributed by atoms with E-state index in [1.54, 1.807) is 69.7 Å². The third-order valence-electron chi connectivity index (χ3n) is 3.67. The molecule has 0 atom stereocenters. The summed E-state index contributed by atoms with van der Waals surface area (Å²) >= 11 is 1.25. The van der Waals surface area contributed by atoms with Gasteiger partial charge in [0.05, 0.1) is 18.4 Å². The van der Waals surface area contributed by atoms with E-state index >= 15 is 0 Å². The molecule has 8 heteroatoms. The van der Waals surface area contributed by atoms with Crippen molar-refractivity contribution >= 4 is 35.2 Å². The maximum absolute atomic E-state index is 12.4. The van der Waals surface area contributed by atoms with Crippen LogP contribution in [0.15, 0.2) is 53.4 Å². The minimum Gasteiger partial charge on any atom is -0.497 e. The van der Waals surface area contributed by atoms with Crippen LogP contribution in [-0.2, 0) is 14.3 Å². The second-order valence-corrected chi connectivity index (χ2v) is 6.94. The molecule has 1 N–H and O–H groups in total. The highest BCUT2D eigenvalue weighted by atomic mass is 32.2. The zero-order valence-electron chi connectivity index (χ0n) is 15.9. The van der Waals surface area contributed by atoms with E-state index in [0.717, 1.165) is 0 Å². The molecule has 2 amide bonds. The zero-order chi connectivity index (χ0) is 20.5. The second kappa shape index (κ2) is 10.4. The first-order valence-corrected chi connectivity index (χ1v) is 9.42. The van der Waals surface area contributed by atoms with E-state index in [-0.39, 0.29) is 11.7 Å². The smallest absolute Gasteiger partial charge is 0.339 e. The Bertz CT molecular complexity index is 837. The number of hydrogen-bond acceptors (Lipinski definition) is 6. The van der Waals surface area contributed by atoms with Crippen LogP contribution in [0.4, 0.5) is 5.69 Å². The Morgan fingerprint density at radius 1 is 1.04 bits per heavy atom. The lowest BCUT2D eigenvalue weighted by atomic mass is 10.2. The van der Waals surface area contributed by atoms with E-state index in [9.17, 15) is 14.4 Å². The highest BCUT2D eigenvalue weighted by molar-refractivity contribution is 8.00. The van der Waals surface area contributed by atoms with Crippen molar-refractivity contribution in [2.24, 2.45) is 0 Å². The molecule has 0 aromatic heterocycles. The van der Waals surface area contributed by atoms with E-state index < -0.39 is 18.5 Å². The quantitative estimate of drug-likeness (QED) is 0.540. The van der Waals surface area contributed by atoms with Crippen LogP contribution in [0.2, 0.25) is 0 Å². The Balaban J connectivity index is 1.91. The molecule has 2 aromatic carbocycles. The van der Waals surface area contributed by atoms with E-state index in [1.165, 1.54) is 16.7 Å². The summed E-state index contributed by atoms with van der Waals surface area (Å²) in [6, 6.07) is 13.6. The van der Waals surface area contributed by atoms with Crippen molar-refractivity contribution in [1.29, 1.82) is 0 Å². The number of benzene rings is 2. The van der Waals surface area contributed by atoms with Gasteiger partial charge >= 0.3 is 5.97 Å². The van der Waals surface area contributed by atoms with Gasteiger partial charge in [0.25, 0.3) is 5.91 Å². The highest BCUT2D eigenvalue weighted by Gasteiger charge is 2.16. The summed E-state index contributed by atoms with van der Waals surface area (Å²) in [5, 5.41) is 2.64. The van der Waals surface area contributed by atoms with Gasteiger partial charge in [-0.15, -0.1) is 11.8 Å². The molecule has 0 unspecified atom stereocenters. The molecular weight excluding hydrogens is 380 g/mol. The molecule has 0 aliphatic carbocycles. The maximum atomic E-state index is 12.4. The predicted molar refractivity (Wildman–Crippen MR) is 108 cm³/mol. The second-order valence-electron chi connectivity index (χ2n) is 5.93. The fourth-order valence-electron chi connectivity index (χ4n) is 2.11. The minimum atomic E-state index is -0.620. The van der Waals surface area contributed by atoms with Gasteiger partial charge in [-0.3, -0.25) is 9.59 Å². The van der Waals surface area contributed by atoms with E-state index in [1.807, 2.05) is 0 Å². The number of carbonyl (C=O) groups is 3. The SMILES string of the molecule is COc1ccc(NC(=O)COC(=O)c2ccccc2SCC(=O)N(C)C)cc1. The molecule has 0 fully saturated rings. The number of nitrogens with one attached hydrogen (secondary N) is 1. The topological polar surface area (TPSA) is 84.9 Å². The zero-order valence-corrected chi connectivity index (χ0v) is 16.7. The first-order valence-electron chi connectivity index (χ1n) is 8.43. The molecule has 0 radical (unpaired) electrons. The van der Waals surface area contributed by atoms with Gasteiger partial charge in [-0.2, -0.15) is 0 Å². The summed E-state index contributed by atoms with van der Waals surface area (Å²) in [5.41, 5.74) is 0.885. The first-order chi connectivity index (χ1) is 13.4. The number of ether oxygens (including phenoxy) is 2. The summed E-state index contributed by atoms with van der Waals surface area (Å²) in [5.74, 6) is -0.259. The molecule has 28 heavy (non-hydrogen) atoms. The molecule has 0 saturated heterocycles. The third kappa shape index (κ3) is 6.31. The van der Waals surface area contributed by atoms with Crippen LogP contribution in [0.25, 0.3) is 0 Å². The Kier molecular flexibility index (Phi) is 7.88. The van der Waals surface area contributed by atoms with E-state index in [2.05, 4.69) is 5.32 Å². The molecule has 0 bridgehead atoms. The Hall–Kier alpha value is -3.00. The molecular formula is C20H22N2O5S. The number of methoxy groups -OCH3 is 1. The number of hydrogen-bond donors (Lipinski definition) is 1. The summed E-state index contributed by atoms with van der Waals surface area (Å²) in [4.78, 5) is 38.2. The lowest BCUT2D eigenvalue weighted by Crippen LogP contribution is -2.23. The fraction of sp³-hybridized carbons (Fsp3) is 0.250. The van der Waals surface area contributed by atoms with Crippen molar-refractivity contribution in [1.82, 2.24) is 4.90 Å². The number of anilines is 1. The van der Waals surface area contributed by atoms with Crippen molar-refractivity contribution in [3.05, 3.63) is 54.1 Å². The number of thioether (sulfide) groups is 1. The highest BCUT2D eigenvalue weighted by Crippen LogP contribution is 2.23.